The van der Waals surface area contributed by atoms with Crippen molar-refractivity contribution in [3.05, 3.63) is 58.8 Å². The largest absolute Gasteiger partial charge is 0.436 e. The highest BCUT2D eigenvalue weighted by Gasteiger charge is 2.23. The van der Waals surface area contributed by atoms with E-state index in [4.69, 9.17) is 4.74 Å². The van der Waals surface area contributed by atoms with Gasteiger partial charge in [-0.2, -0.15) is 26.3 Å². The van der Waals surface area contributed by atoms with Crippen molar-refractivity contribution in [1.82, 2.24) is 29.9 Å². The Morgan fingerprint density at radius 1 is 0.457 bits per heavy atom. The Morgan fingerprint density at radius 3 is 1.17 bits per heavy atom. The number of ether oxygens (including phenoxy) is 1. The van der Waals surface area contributed by atoms with E-state index in [0.717, 1.165) is 0 Å². The molecule has 35 heavy (non-hydrogen) atoms. The average Bonchev–Trinajstić information content (AvgIpc) is 2.91. The number of aromatic nitrogens is 6. The Labute approximate surface area is 195 Å². The first-order valence-corrected chi connectivity index (χ1v) is 9.62. The maximum Gasteiger partial charge on any atom is 0.257 e. The van der Waals surface area contributed by atoms with Gasteiger partial charge in [0.05, 0.1) is 0 Å². The highest BCUT2D eigenvalue weighted by atomic mass is 16.5. The van der Waals surface area contributed by atoms with Crippen molar-refractivity contribution in [2.75, 3.05) is 0 Å². The fourth-order valence-corrected chi connectivity index (χ4v) is 3.34. The summed E-state index contributed by atoms with van der Waals surface area (Å²) in [5.41, 5.74) is -1.12. The van der Waals surface area contributed by atoms with Gasteiger partial charge >= 0.3 is 0 Å². The van der Waals surface area contributed by atoms with Crippen LogP contribution in [0.2, 0.25) is 0 Å². The third kappa shape index (κ3) is 3.20. The number of hydrogen-bond donors (Lipinski definition) is 0. The van der Waals surface area contributed by atoms with Gasteiger partial charge in [0.25, 0.3) is 5.88 Å². The van der Waals surface area contributed by atoms with Crippen LogP contribution in [0.4, 0.5) is 0 Å². The number of hydrogen-bond acceptors (Lipinski definition) is 12. The van der Waals surface area contributed by atoms with Crippen LogP contribution in [0.1, 0.15) is 28.5 Å². The van der Waals surface area contributed by atoms with E-state index >= 15 is 0 Å². The van der Waals surface area contributed by atoms with Gasteiger partial charge in [-0.25, -0.2) is 29.9 Å². The third-order valence-electron chi connectivity index (χ3n) is 4.82. The Bertz CT molecular complexity index is 1880. The highest BCUT2D eigenvalue weighted by molar-refractivity contribution is 6.18. The van der Waals surface area contributed by atoms with Crippen LogP contribution in [0.3, 0.4) is 0 Å². The zero-order chi connectivity index (χ0) is 24.5. The van der Waals surface area contributed by atoms with Crippen LogP contribution in [0.15, 0.2) is 30.3 Å². The number of nitrogens with zero attached hydrogens (tertiary/aromatic N) is 11. The van der Waals surface area contributed by atoms with Gasteiger partial charge in [-0.15, -0.1) is 0 Å². The molecular weight excluding hydrogens is 446 g/mol. The first kappa shape index (κ1) is 20.6. The minimum absolute atomic E-state index is 0.00598. The average molecular weight is 451 g/mol. The fourth-order valence-electron chi connectivity index (χ4n) is 3.34. The van der Waals surface area contributed by atoms with Crippen LogP contribution in [0.5, 0.6) is 11.6 Å². The quantitative estimate of drug-likeness (QED) is 0.355. The van der Waals surface area contributed by atoms with Gasteiger partial charge in [0.15, 0.2) is 22.8 Å². The van der Waals surface area contributed by atoms with Gasteiger partial charge in [-0.05, 0) is 12.1 Å². The summed E-state index contributed by atoms with van der Waals surface area (Å²) in [5, 5.41) is 47.4. The highest BCUT2D eigenvalue weighted by Crippen LogP contribution is 2.33. The van der Waals surface area contributed by atoms with E-state index in [1.807, 2.05) is 12.1 Å². The fraction of sp³-hybridized carbons (Fsp3) is 0. The molecule has 158 valence electrons. The van der Waals surface area contributed by atoms with Gasteiger partial charge in [0, 0.05) is 0 Å². The molecule has 0 atom stereocenters. The molecule has 0 spiro atoms. The second kappa shape index (κ2) is 8.00. The molecule has 5 rings (SSSR count). The summed E-state index contributed by atoms with van der Waals surface area (Å²) in [6, 6.07) is 17.7. The molecule has 2 aromatic carbocycles. The van der Waals surface area contributed by atoms with E-state index in [9.17, 15) is 26.3 Å². The van der Waals surface area contributed by atoms with Crippen molar-refractivity contribution < 1.29 is 4.74 Å². The monoisotopic (exact) mass is 451 g/mol. The summed E-state index contributed by atoms with van der Waals surface area (Å²) in [6.07, 6.45) is 0. The molecule has 0 bridgehead atoms. The normalized spacial score (nSPS) is 10.1. The summed E-state index contributed by atoms with van der Waals surface area (Å²) in [6.45, 7) is 0. The SMILES string of the molecule is N#Cc1nc2c3nc(C#N)c(C#N)nc3c3nc(Oc4ccccc4)c(C#N)nc3c2nc1C#N. The maximum atomic E-state index is 9.70. The molecule has 0 aliphatic rings. The second-order valence-corrected chi connectivity index (χ2v) is 6.78. The Kier molecular flexibility index (Phi) is 4.71. The molecule has 0 saturated heterocycles. The summed E-state index contributed by atoms with van der Waals surface area (Å²) in [7, 11) is 0. The van der Waals surface area contributed by atoms with Gasteiger partial charge in [-0.3, -0.25) is 0 Å². The molecule has 0 radical (unpaired) electrons. The third-order valence-corrected chi connectivity index (χ3v) is 4.82. The molecule has 0 fully saturated rings. The van der Waals surface area contributed by atoms with E-state index < -0.39 is 0 Å². The predicted octanol–water partition coefficient (Wildman–Crippen LogP) is 2.67. The molecule has 0 aliphatic heterocycles. The zero-order valence-electron chi connectivity index (χ0n) is 17.2. The van der Waals surface area contributed by atoms with Crippen LogP contribution < -0.4 is 4.74 Å². The maximum absolute atomic E-state index is 9.70. The first-order valence-electron chi connectivity index (χ1n) is 9.62. The van der Waals surface area contributed by atoms with E-state index in [1.165, 1.54) is 0 Å². The topological polar surface area (TPSA) is 206 Å². The summed E-state index contributed by atoms with van der Waals surface area (Å²) in [4.78, 5) is 25.6. The van der Waals surface area contributed by atoms with Gasteiger partial charge in [-0.1, -0.05) is 18.2 Å². The number of fused-ring (bicyclic) bond motifs is 6. The molecule has 3 aromatic heterocycles. The van der Waals surface area contributed by atoms with Crippen LogP contribution in [0, 0.1) is 56.7 Å². The number of rotatable bonds is 2. The van der Waals surface area contributed by atoms with E-state index in [-0.39, 0.29) is 67.4 Å². The molecule has 12 heteroatoms. The lowest BCUT2D eigenvalue weighted by Crippen LogP contribution is -2.05. The van der Waals surface area contributed by atoms with Crippen molar-refractivity contribution in [2.24, 2.45) is 0 Å². The summed E-state index contributed by atoms with van der Waals surface area (Å²) >= 11 is 0. The smallest absolute Gasteiger partial charge is 0.257 e. The molecule has 12 nitrogen and oxygen atoms in total. The number of benzene rings is 2. The minimum atomic E-state index is -0.275. The molecule has 3 heterocycles. The van der Waals surface area contributed by atoms with Gasteiger partial charge in [0.2, 0.25) is 5.69 Å². The Morgan fingerprint density at radius 2 is 0.800 bits per heavy atom. The van der Waals surface area contributed by atoms with Crippen LogP contribution in [-0.4, -0.2) is 29.9 Å². The van der Waals surface area contributed by atoms with Crippen LogP contribution >= 0.6 is 0 Å². The van der Waals surface area contributed by atoms with Crippen molar-refractivity contribution in [1.29, 1.82) is 26.3 Å². The van der Waals surface area contributed by atoms with E-state index in [1.54, 1.807) is 48.5 Å². The first-order chi connectivity index (χ1) is 17.1. The molecule has 0 amide bonds. The molecule has 0 aliphatic carbocycles. The number of para-hydroxylation sites is 1. The van der Waals surface area contributed by atoms with E-state index in [2.05, 4.69) is 29.9 Å². The van der Waals surface area contributed by atoms with Crippen molar-refractivity contribution in [3.8, 4) is 42.0 Å². The number of nitriles is 5. The molecule has 0 unspecified atom stereocenters. The van der Waals surface area contributed by atoms with E-state index in [0.29, 0.717) is 5.75 Å². The predicted molar refractivity (Wildman–Crippen MR) is 116 cm³/mol. The molecular formula is C23H5N11O. The second-order valence-electron chi connectivity index (χ2n) is 6.78. The molecule has 0 saturated carbocycles. The minimum Gasteiger partial charge on any atom is -0.436 e. The Hall–Kier alpha value is -6.29. The van der Waals surface area contributed by atoms with Crippen LogP contribution in [0.25, 0.3) is 33.1 Å². The van der Waals surface area contributed by atoms with Gasteiger partial charge in [0.1, 0.15) is 69.2 Å². The van der Waals surface area contributed by atoms with Gasteiger partial charge < -0.3 is 4.74 Å². The van der Waals surface area contributed by atoms with Crippen molar-refractivity contribution >= 4 is 33.1 Å². The lowest BCUT2D eigenvalue weighted by Gasteiger charge is -2.11. The zero-order valence-corrected chi connectivity index (χ0v) is 17.2. The summed E-state index contributed by atoms with van der Waals surface area (Å²) in [5.74, 6) is 0.252. The van der Waals surface area contributed by atoms with Crippen molar-refractivity contribution in [3.63, 3.8) is 0 Å². The lowest BCUT2D eigenvalue weighted by atomic mass is 10.1. The molecule has 0 N–H and O–H groups in total. The summed E-state index contributed by atoms with van der Waals surface area (Å²) < 4.78 is 5.76. The van der Waals surface area contributed by atoms with Crippen LogP contribution in [-0.2, 0) is 0 Å². The molecule has 5 aromatic rings. The standard InChI is InChI=1S/C23H5N11O/c24-6-12-13(7-25)31-19-17(29-12)18-20(32-15(9-27)14(8-26)30-18)22-21(19)33-16(10-28)23(34-22)35-11-4-2-1-3-5-11/h1-5H. The lowest BCUT2D eigenvalue weighted by molar-refractivity contribution is 0.461. The van der Waals surface area contributed by atoms with Crippen molar-refractivity contribution in [2.45, 2.75) is 0 Å². The Balaban J connectivity index is 1.99.